The average molecular weight is 298 g/mol. The Hall–Kier alpha value is -1.03. The summed E-state index contributed by atoms with van der Waals surface area (Å²) >= 11 is 3.49. The van der Waals surface area contributed by atoms with E-state index in [0.717, 1.165) is 31.3 Å². The number of halogens is 1. The molecule has 0 saturated carbocycles. The molecule has 0 spiro atoms. The van der Waals surface area contributed by atoms with Crippen LogP contribution < -0.4 is 0 Å². The monoisotopic (exact) mass is 297 g/mol. The molecule has 1 aliphatic heterocycles. The van der Waals surface area contributed by atoms with Gasteiger partial charge < -0.3 is 10.0 Å². The molecule has 1 heterocycles. The SMILES string of the molecule is O=C(c1ccc(O)cc1)N1CCC(CBr)CC1. The highest BCUT2D eigenvalue weighted by molar-refractivity contribution is 9.09. The van der Waals surface area contributed by atoms with Crippen LogP contribution in [0.25, 0.3) is 0 Å². The molecule has 0 atom stereocenters. The largest absolute Gasteiger partial charge is 0.508 e. The molecule has 1 aromatic rings. The van der Waals surface area contributed by atoms with Gasteiger partial charge in [0.05, 0.1) is 0 Å². The molecule has 4 heteroatoms. The number of benzene rings is 1. The van der Waals surface area contributed by atoms with E-state index in [1.54, 1.807) is 24.3 Å². The van der Waals surface area contributed by atoms with Crippen LogP contribution in [0.3, 0.4) is 0 Å². The maximum atomic E-state index is 12.1. The standard InChI is InChI=1S/C13H16BrNO2/c14-9-10-5-7-15(8-6-10)13(17)11-1-3-12(16)4-2-11/h1-4,10,16H,5-9H2. The fraction of sp³-hybridized carbons (Fsp3) is 0.462. The molecule has 0 radical (unpaired) electrons. The summed E-state index contributed by atoms with van der Waals surface area (Å²) in [6.07, 6.45) is 2.13. The van der Waals surface area contributed by atoms with Crippen molar-refractivity contribution < 1.29 is 9.90 Å². The Labute approximate surface area is 110 Å². The number of hydrogen-bond donors (Lipinski definition) is 1. The van der Waals surface area contributed by atoms with Crippen LogP contribution in [0, 0.1) is 5.92 Å². The molecule has 3 nitrogen and oxygen atoms in total. The number of phenols is 1. The molecule has 1 saturated heterocycles. The minimum atomic E-state index is 0.0676. The van der Waals surface area contributed by atoms with E-state index in [1.165, 1.54) is 0 Å². The van der Waals surface area contributed by atoms with Gasteiger partial charge in [0, 0.05) is 24.0 Å². The van der Waals surface area contributed by atoms with Gasteiger partial charge in [-0.1, -0.05) is 15.9 Å². The highest BCUT2D eigenvalue weighted by atomic mass is 79.9. The lowest BCUT2D eigenvalue weighted by Gasteiger charge is -2.31. The molecule has 0 bridgehead atoms. The topological polar surface area (TPSA) is 40.5 Å². The van der Waals surface area contributed by atoms with Crippen LogP contribution in [0.5, 0.6) is 5.75 Å². The smallest absolute Gasteiger partial charge is 0.253 e. The van der Waals surface area contributed by atoms with Gasteiger partial charge >= 0.3 is 0 Å². The Morgan fingerprint density at radius 1 is 1.29 bits per heavy atom. The van der Waals surface area contributed by atoms with E-state index >= 15 is 0 Å². The summed E-state index contributed by atoms with van der Waals surface area (Å²) in [4.78, 5) is 14.0. The third-order valence-electron chi connectivity index (χ3n) is 3.23. The summed E-state index contributed by atoms with van der Waals surface area (Å²) in [5, 5.41) is 10.2. The molecule has 1 aliphatic rings. The first-order chi connectivity index (χ1) is 8.20. The van der Waals surface area contributed by atoms with Gasteiger partial charge in [-0.25, -0.2) is 0 Å². The van der Waals surface area contributed by atoms with Crippen molar-refractivity contribution in [1.82, 2.24) is 4.90 Å². The molecule has 0 aromatic heterocycles. The minimum absolute atomic E-state index is 0.0676. The number of rotatable bonds is 2. The van der Waals surface area contributed by atoms with Gasteiger partial charge in [-0.15, -0.1) is 0 Å². The second-order valence-corrected chi connectivity index (χ2v) is 5.08. The van der Waals surface area contributed by atoms with E-state index in [9.17, 15) is 9.90 Å². The van der Waals surface area contributed by atoms with Crippen LogP contribution in [0.15, 0.2) is 24.3 Å². The Bertz CT molecular complexity index is 383. The summed E-state index contributed by atoms with van der Waals surface area (Å²) in [6.45, 7) is 1.66. The zero-order valence-electron chi connectivity index (χ0n) is 9.60. The molecule has 0 aliphatic carbocycles. The van der Waals surface area contributed by atoms with E-state index in [4.69, 9.17) is 0 Å². The minimum Gasteiger partial charge on any atom is -0.508 e. The van der Waals surface area contributed by atoms with Gasteiger partial charge in [-0.3, -0.25) is 4.79 Å². The molecule has 92 valence electrons. The predicted molar refractivity (Wildman–Crippen MR) is 70.5 cm³/mol. The Morgan fingerprint density at radius 3 is 2.41 bits per heavy atom. The zero-order valence-corrected chi connectivity index (χ0v) is 11.2. The second kappa shape index (κ2) is 5.54. The Balaban J connectivity index is 1.99. The predicted octanol–water partition coefficient (Wildman–Crippen LogP) is 2.64. The highest BCUT2D eigenvalue weighted by Crippen LogP contribution is 2.21. The van der Waals surface area contributed by atoms with Crippen LogP contribution in [0.2, 0.25) is 0 Å². The summed E-state index contributed by atoms with van der Waals surface area (Å²) in [7, 11) is 0. The van der Waals surface area contributed by atoms with Crippen molar-refractivity contribution in [2.24, 2.45) is 5.92 Å². The molecule has 1 N–H and O–H groups in total. The van der Waals surface area contributed by atoms with Crippen molar-refractivity contribution >= 4 is 21.8 Å². The third-order valence-corrected chi connectivity index (χ3v) is 4.15. The van der Waals surface area contributed by atoms with Gasteiger partial charge in [0.1, 0.15) is 5.75 Å². The maximum absolute atomic E-state index is 12.1. The van der Waals surface area contributed by atoms with Crippen LogP contribution in [-0.4, -0.2) is 34.3 Å². The fourth-order valence-electron chi connectivity index (χ4n) is 2.08. The molecule has 0 unspecified atom stereocenters. The summed E-state index contributed by atoms with van der Waals surface area (Å²) in [5.74, 6) is 0.955. The molecule has 1 aromatic carbocycles. The van der Waals surface area contributed by atoms with Gasteiger partial charge in [0.25, 0.3) is 5.91 Å². The Kier molecular flexibility index (Phi) is 4.05. The second-order valence-electron chi connectivity index (χ2n) is 4.44. The lowest BCUT2D eigenvalue weighted by Crippen LogP contribution is -2.38. The number of amides is 1. The van der Waals surface area contributed by atoms with Crippen LogP contribution in [0.1, 0.15) is 23.2 Å². The molecular formula is C13H16BrNO2. The first kappa shape index (κ1) is 12.4. The van der Waals surface area contributed by atoms with E-state index in [0.29, 0.717) is 11.5 Å². The van der Waals surface area contributed by atoms with Crippen LogP contribution >= 0.6 is 15.9 Å². The number of hydrogen-bond acceptors (Lipinski definition) is 2. The van der Waals surface area contributed by atoms with E-state index in [1.807, 2.05) is 4.90 Å². The first-order valence-corrected chi connectivity index (χ1v) is 6.97. The number of phenolic OH excluding ortho intramolecular Hbond substituents is 1. The molecule has 17 heavy (non-hydrogen) atoms. The third kappa shape index (κ3) is 3.00. The number of likely N-dealkylation sites (tertiary alicyclic amines) is 1. The van der Waals surface area contributed by atoms with Crippen molar-refractivity contribution in [1.29, 1.82) is 0 Å². The van der Waals surface area contributed by atoms with Crippen molar-refractivity contribution in [2.45, 2.75) is 12.8 Å². The number of carbonyl (C=O) groups excluding carboxylic acids is 1. The lowest BCUT2D eigenvalue weighted by atomic mass is 9.98. The van der Waals surface area contributed by atoms with Crippen LogP contribution in [0.4, 0.5) is 0 Å². The maximum Gasteiger partial charge on any atom is 0.253 e. The van der Waals surface area contributed by atoms with Crippen molar-refractivity contribution in [3.05, 3.63) is 29.8 Å². The fourth-order valence-corrected chi connectivity index (χ4v) is 2.72. The normalized spacial score (nSPS) is 17.1. The molecule has 1 amide bonds. The summed E-state index contributed by atoms with van der Waals surface area (Å²) < 4.78 is 0. The summed E-state index contributed by atoms with van der Waals surface area (Å²) in [6, 6.07) is 6.46. The number of alkyl halides is 1. The highest BCUT2D eigenvalue weighted by Gasteiger charge is 2.22. The average Bonchev–Trinajstić information content (AvgIpc) is 2.39. The molecule has 1 fully saturated rings. The van der Waals surface area contributed by atoms with Crippen molar-refractivity contribution in [3.8, 4) is 5.75 Å². The summed E-state index contributed by atoms with van der Waals surface area (Å²) in [5.41, 5.74) is 0.653. The van der Waals surface area contributed by atoms with Gasteiger partial charge in [0.2, 0.25) is 0 Å². The lowest BCUT2D eigenvalue weighted by molar-refractivity contribution is 0.0699. The van der Waals surface area contributed by atoms with Gasteiger partial charge in [-0.2, -0.15) is 0 Å². The quantitative estimate of drug-likeness (QED) is 0.853. The Morgan fingerprint density at radius 2 is 1.88 bits per heavy atom. The molecule has 2 rings (SSSR count). The van der Waals surface area contributed by atoms with Gasteiger partial charge in [0.15, 0.2) is 0 Å². The number of aromatic hydroxyl groups is 1. The number of piperidine rings is 1. The van der Waals surface area contributed by atoms with Gasteiger partial charge in [-0.05, 0) is 43.0 Å². The van der Waals surface area contributed by atoms with E-state index in [2.05, 4.69) is 15.9 Å². The van der Waals surface area contributed by atoms with Crippen molar-refractivity contribution in [2.75, 3.05) is 18.4 Å². The van der Waals surface area contributed by atoms with E-state index in [-0.39, 0.29) is 11.7 Å². The number of carbonyl (C=O) groups is 1. The number of nitrogens with zero attached hydrogens (tertiary/aromatic N) is 1. The zero-order chi connectivity index (χ0) is 12.3. The van der Waals surface area contributed by atoms with Crippen molar-refractivity contribution in [3.63, 3.8) is 0 Å². The first-order valence-electron chi connectivity index (χ1n) is 5.85. The molecular weight excluding hydrogens is 282 g/mol. The van der Waals surface area contributed by atoms with E-state index < -0.39 is 0 Å². The van der Waals surface area contributed by atoms with Crippen LogP contribution in [-0.2, 0) is 0 Å².